The number of pyridine rings is 3. The lowest BCUT2D eigenvalue weighted by Crippen LogP contribution is -2.36. The van der Waals surface area contributed by atoms with Crippen LogP contribution in [0.1, 0.15) is 25.7 Å². The van der Waals surface area contributed by atoms with Crippen LogP contribution in [0.3, 0.4) is 0 Å². The van der Waals surface area contributed by atoms with Gasteiger partial charge in [-0.25, -0.2) is 9.13 Å². The minimum atomic E-state index is 0.765. The van der Waals surface area contributed by atoms with Crippen molar-refractivity contribution in [2.75, 3.05) is 7.11 Å². The quantitative estimate of drug-likeness (QED) is 0.661. The van der Waals surface area contributed by atoms with Crippen LogP contribution in [0.2, 0.25) is 0 Å². The Morgan fingerprint density at radius 2 is 1.58 bits per heavy atom. The lowest BCUT2D eigenvalue weighted by molar-refractivity contribution is -0.703. The number of methoxy groups -OCH3 is 1. The number of aromatic nitrogens is 3. The van der Waals surface area contributed by atoms with Crippen molar-refractivity contribution < 1.29 is 13.9 Å². The average molecular weight is 347 g/mol. The fourth-order valence-corrected chi connectivity index (χ4v) is 3.68. The number of rotatable bonds is 5. The third kappa shape index (κ3) is 3.74. The zero-order valence-corrected chi connectivity index (χ0v) is 15.2. The highest BCUT2D eigenvalue weighted by atomic mass is 16.5. The molecule has 0 aliphatic heterocycles. The van der Waals surface area contributed by atoms with Crippen LogP contribution in [0, 0.1) is 5.92 Å². The molecule has 0 unspecified atom stereocenters. The van der Waals surface area contributed by atoms with E-state index in [9.17, 15) is 0 Å². The van der Waals surface area contributed by atoms with E-state index in [1.807, 2.05) is 29.1 Å². The van der Waals surface area contributed by atoms with Crippen LogP contribution in [-0.2, 0) is 6.54 Å². The zero-order valence-electron chi connectivity index (χ0n) is 15.2. The summed E-state index contributed by atoms with van der Waals surface area (Å²) >= 11 is 0. The number of nitrogens with zero attached hydrogens (tertiary/aromatic N) is 3. The van der Waals surface area contributed by atoms with Gasteiger partial charge in [-0.3, -0.25) is 0 Å². The molecule has 3 aromatic heterocycles. The molecule has 0 spiro atoms. The summed E-state index contributed by atoms with van der Waals surface area (Å²) < 4.78 is 9.49. The van der Waals surface area contributed by atoms with E-state index in [1.54, 1.807) is 13.3 Å². The third-order valence-corrected chi connectivity index (χ3v) is 5.22. The maximum Gasteiger partial charge on any atom is 0.327 e. The molecule has 4 rings (SSSR count). The zero-order chi connectivity index (χ0) is 17.8. The summed E-state index contributed by atoms with van der Waals surface area (Å²) in [6, 6.07) is 12.5. The van der Waals surface area contributed by atoms with Crippen molar-refractivity contribution in [2.45, 2.75) is 32.2 Å². The molecule has 4 nitrogen and oxygen atoms in total. The first kappa shape index (κ1) is 16.7. The Hall–Kier alpha value is -2.75. The van der Waals surface area contributed by atoms with Gasteiger partial charge in [-0.05, 0) is 47.2 Å². The molecule has 1 aliphatic carbocycles. The Balaban J connectivity index is 1.47. The normalized spacial score (nSPS) is 14.5. The summed E-state index contributed by atoms with van der Waals surface area (Å²) in [6.07, 6.45) is 15.8. The topological polar surface area (TPSA) is 29.9 Å². The van der Waals surface area contributed by atoms with Crippen molar-refractivity contribution in [2.24, 2.45) is 5.92 Å². The SMILES string of the molecule is COc1ccc(-[n+]2ccc(-c3cc[n+](CC4CCCC4)cc3)cc2)nc1. The molecule has 1 fully saturated rings. The minimum Gasteiger partial charge on any atom is -0.493 e. The smallest absolute Gasteiger partial charge is 0.327 e. The summed E-state index contributed by atoms with van der Waals surface area (Å²) in [6.45, 7) is 1.15. The van der Waals surface area contributed by atoms with Gasteiger partial charge in [-0.1, -0.05) is 12.8 Å². The molecule has 0 saturated heterocycles. The molecule has 132 valence electrons. The third-order valence-electron chi connectivity index (χ3n) is 5.22. The van der Waals surface area contributed by atoms with E-state index in [2.05, 4.69) is 46.2 Å². The molecule has 0 N–H and O–H groups in total. The molecule has 0 atom stereocenters. The second-order valence-electron chi connectivity index (χ2n) is 6.98. The highest BCUT2D eigenvalue weighted by Gasteiger charge is 2.19. The van der Waals surface area contributed by atoms with Crippen molar-refractivity contribution in [3.05, 3.63) is 67.4 Å². The van der Waals surface area contributed by atoms with Crippen molar-refractivity contribution in [3.63, 3.8) is 0 Å². The van der Waals surface area contributed by atoms with Gasteiger partial charge in [0, 0.05) is 24.1 Å². The lowest BCUT2D eigenvalue weighted by Gasteiger charge is -2.05. The van der Waals surface area contributed by atoms with Crippen molar-refractivity contribution >= 4 is 0 Å². The monoisotopic (exact) mass is 347 g/mol. The van der Waals surface area contributed by atoms with Crippen LogP contribution in [0.25, 0.3) is 16.9 Å². The van der Waals surface area contributed by atoms with E-state index in [0.717, 1.165) is 24.0 Å². The first-order valence-electron chi connectivity index (χ1n) is 9.33. The Kier molecular flexibility index (Phi) is 4.91. The first-order valence-corrected chi connectivity index (χ1v) is 9.33. The minimum absolute atomic E-state index is 0.765. The Morgan fingerprint density at radius 1 is 0.923 bits per heavy atom. The van der Waals surface area contributed by atoms with Gasteiger partial charge in [0.2, 0.25) is 0 Å². The van der Waals surface area contributed by atoms with E-state index in [-0.39, 0.29) is 0 Å². The molecular formula is C22H25N3O+2. The number of hydrogen-bond donors (Lipinski definition) is 0. The number of ether oxygens (including phenoxy) is 1. The van der Waals surface area contributed by atoms with Crippen molar-refractivity contribution in [1.82, 2.24) is 4.98 Å². The first-order chi connectivity index (χ1) is 12.8. The second-order valence-corrected chi connectivity index (χ2v) is 6.98. The fourth-order valence-electron chi connectivity index (χ4n) is 3.68. The molecular weight excluding hydrogens is 322 g/mol. The molecule has 4 heteroatoms. The summed E-state index contributed by atoms with van der Waals surface area (Å²) in [5.74, 6) is 2.50. The Morgan fingerprint density at radius 3 is 2.15 bits per heavy atom. The average Bonchev–Trinajstić information content (AvgIpc) is 3.22. The van der Waals surface area contributed by atoms with Crippen molar-refractivity contribution in [3.8, 4) is 22.7 Å². The Bertz CT molecular complexity index is 836. The van der Waals surface area contributed by atoms with E-state index < -0.39 is 0 Å². The molecule has 0 radical (unpaired) electrons. The van der Waals surface area contributed by atoms with Gasteiger partial charge in [-0.2, -0.15) is 0 Å². The van der Waals surface area contributed by atoms with E-state index in [1.165, 1.54) is 36.8 Å². The predicted octanol–water partition coefficient (Wildman–Crippen LogP) is 3.51. The van der Waals surface area contributed by atoms with Gasteiger partial charge < -0.3 is 4.74 Å². The standard InChI is InChI=1S/C22H25N3O/c1-26-21-6-7-22(23-16-21)25-14-10-20(11-15-25)19-8-12-24(13-9-19)17-18-4-2-3-5-18/h6-16,18H,2-5,17H2,1H3/q+2. The maximum absolute atomic E-state index is 5.16. The van der Waals surface area contributed by atoms with Crippen molar-refractivity contribution in [1.29, 1.82) is 0 Å². The van der Waals surface area contributed by atoms with E-state index in [0.29, 0.717) is 0 Å². The van der Waals surface area contributed by atoms with Crippen LogP contribution >= 0.6 is 0 Å². The molecule has 3 aromatic rings. The van der Waals surface area contributed by atoms with Crippen LogP contribution in [0.5, 0.6) is 5.75 Å². The highest BCUT2D eigenvalue weighted by molar-refractivity contribution is 5.61. The molecule has 0 amide bonds. The highest BCUT2D eigenvalue weighted by Crippen LogP contribution is 2.24. The molecule has 3 heterocycles. The van der Waals surface area contributed by atoms with Crippen LogP contribution in [-0.4, -0.2) is 12.1 Å². The summed E-state index contributed by atoms with van der Waals surface area (Å²) in [7, 11) is 1.65. The molecule has 0 aromatic carbocycles. The number of hydrogen-bond acceptors (Lipinski definition) is 2. The molecule has 26 heavy (non-hydrogen) atoms. The van der Waals surface area contributed by atoms with Gasteiger partial charge in [0.1, 0.15) is 0 Å². The van der Waals surface area contributed by atoms with Gasteiger partial charge in [0.15, 0.2) is 30.9 Å². The molecule has 0 bridgehead atoms. The van der Waals surface area contributed by atoms with Crippen LogP contribution in [0.4, 0.5) is 0 Å². The van der Waals surface area contributed by atoms with Gasteiger partial charge in [0.05, 0.1) is 19.5 Å². The van der Waals surface area contributed by atoms with Gasteiger partial charge >= 0.3 is 5.82 Å². The Labute approximate surface area is 154 Å². The maximum atomic E-state index is 5.16. The summed E-state index contributed by atoms with van der Waals surface area (Å²) in [5.41, 5.74) is 2.45. The van der Waals surface area contributed by atoms with Gasteiger partial charge in [-0.15, -0.1) is 0 Å². The lowest BCUT2D eigenvalue weighted by atomic mass is 10.1. The molecule has 1 aliphatic rings. The summed E-state index contributed by atoms with van der Waals surface area (Å²) in [5, 5.41) is 0. The molecule has 1 saturated carbocycles. The van der Waals surface area contributed by atoms with E-state index in [4.69, 9.17) is 4.74 Å². The second kappa shape index (κ2) is 7.65. The van der Waals surface area contributed by atoms with E-state index >= 15 is 0 Å². The predicted molar refractivity (Wildman–Crippen MR) is 99.9 cm³/mol. The summed E-state index contributed by atoms with van der Waals surface area (Å²) in [4.78, 5) is 4.42. The fraction of sp³-hybridized carbons (Fsp3) is 0.318. The van der Waals surface area contributed by atoms with Crippen LogP contribution in [0.15, 0.2) is 67.4 Å². The van der Waals surface area contributed by atoms with Gasteiger partial charge in [0.25, 0.3) is 0 Å². The van der Waals surface area contributed by atoms with Crippen LogP contribution < -0.4 is 13.9 Å². The largest absolute Gasteiger partial charge is 0.493 e.